The first-order valence-electron chi connectivity index (χ1n) is 13.5. The van der Waals surface area contributed by atoms with Crippen molar-refractivity contribution < 1.29 is 13.5 Å². The molecule has 39 heavy (non-hydrogen) atoms. The molecule has 1 aromatic carbocycles. The SMILES string of the molecule is C[C@@H]1CN(c2c3c(ccc(=O)n3C)nn2C2CCCCO2)[C@@H](C)CN1C(c1ccc2nccnc2c1)C(F)F. The van der Waals surface area contributed by atoms with Crippen LogP contribution in [0.1, 0.15) is 50.9 Å². The number of hydrogen-bond acceptors (Lipinski definition) is 7. The topological polar surface area (TPSA) is 81.3 Å². The maximum atomic E-state index is 14.7. The zero-order valence-electron chi connectivity index (χ0n) is 22.4. The number of benzene rings is 1. The summed E-state index contributed by atoms with van der Waals surface area (Å²) >= 11 is 0. The fourth-order valence-electron chi connectivity index (χ4n) is 6.11. The lowest BCUT2D eigenvalue weighted by Crippen LogP contribution is -2.58. The summed E-state index contributed by atoms with van der Waals surface area (Å²) in [6.45, 7) is 5.58. The van der Waals surface area contributed by atoms with E-state index in [1.165, 1.54) is 6.07 Å². The van der Waals surface area contributed by atoms with Crippen LogP contribution in [0.3, 0.4) is 0 Å². The van der Waals surface area contributed by atoms with Crippen molar-refractivity contribution in [3.05, 3.63) is 58.6 Å². The van der Waals surface area contributed by atoms with Gasteiger partial charge in [0, 0.05) is 57.3 Å². The van der Waals surface area contributed by atoms with Gasteiger partial charge in [-0.05, 0) is 56.9 Å². The molecule has 4 aromatic rings. The second-order valence-corrected chi connectivity index (χ2v) is 10.7. The highest BCUT2D eigenvalue weighted by molar-refractivity contribution is 5.87. The highest BCUT2D eigenvalue weighted by Crippen LogP contribution is 2.38. The van der Waals surface area contributed by atoms with Crippen LogP contribution >= 0.6 is 0 Å². The molecule has 0 N–H and O–H groups in total. The average molecular weight is 538 g/mol. The highest BCUT2D eigenvalue weighted by Gasteiger charge is 2.40. The zero-order chi connectivity index (χ0) is 27.3. The number of aryl methyl sites for hydroxylation is 1. The molecule has 11 heteroatoms. The van der Waals surface area contributed by atoms with Crippen LogP contribution in [0.5, 0.6) is 0 Å². The Morgan fingerprint density at radius 3 is 2.49 bits per heavy atom. The van der Waals surface area contributed by atoms with Crippen LogP contribution in [0.2, 0.25) is 0 Å². The Labute approximate surface area is 225 Å². The first kappa shape index (κ1) is 25.8. The molecule has 4 atom stereocenters. The van der Waals surface area contributed by atoms with Gasteiger partial charge in [0.05, 0.1) is 17.1 Å². The van der Waals surface area contributed by atoms with E-state index in [0.29, 0.717) is 41.8 Å². The minimum absolute atomic E-state index is 0.121. The molecular formula is C28H33F2N7O2. The van der Waals surface area contributed by atoms with Crippen molar-refractivity contribution in [3.8, 4) is 0 Å². The third-order valence-electron chi connectivity index (χ3n) is 8.10. The molecule has 2 aliphatic rings. The Bertz CT molecular complexity index is 1550. The molecule has 2 aliphatic heterocycles. The third kappa shape index (κ3) is 4.57. The Morgan fingerprint density at radius 2 is 1.74 bits per heavy atom. The van der Waals surface area contributed by atoms with Crippen molar-refractivity contribution in [1.29, 1.82) is 0 Å². The van der Waals surface area contributed by atoms with Crippen molar-refractivity contribution in [2.24, 2.45) is 7.05 Å². The molecule has 2 saturated heterocycles. The minimum atomic E-state index is -2.58. The second kappa shape index (κ2) is 10.3. The summed E-state index contributed by atoms with van der Waals surface area (Å²) in [5.41, 5.74) is 3.14. The van der Waals surface area contributed by atoms with Crippen molar-refractivity contribution in [2.45, 2.75) is 63.9 Å². The minimum Gasteiger partial charge on any atom is -0.356 e. The van der Waals surface area contributed by atoms with Crippen LogP contribution < -0.4 is 10.5 Å². The first-order valence-corrected chi connectivity index (χ1v) is 13.5. The van der Waals surface area contributed by atoms with E-state index in [4.69, 9.17) is 9.84 Å². The van der Waals surface area contributed by atoms with Gasteiger partial charge in [0.2, 0.25) is 0 Å². The number of alkyl halides is 2. The number of nitrogens with zero attached hydrogens (tertiary/aromatic N) is 7. The molecule has 0 bridgehead atoms. The van der Waals surface area contributed by atoms with E-state index in [2.05, 4.69) is 14.9 Å². The van der Waals surface area contributed by atoms with E-state index < -0.39 is 12.5 Å². The van der Waals surface area contributed by atoms with Gasteiger partial charge in [-0.2, -0.15) is 5.10 Å². The number of ether oxygens (including phenoxy) is 1. The summed E-state index contributed by atoms with van der Waals surface area (Å²) in [6.07, 6.45) is 3.23. The first-order chi connectivity index (χ1) is 18.8. The highest BCUT2D eigenvalue weighted by atomic mass is 19.3. The van der Waals surface area contributed by atoms with E-state index >= 15 is 0 Å². The van der Waals surface area contributed by atoms with Crippen molar-refractivity contribution in [3.63, 3.8) is 0 Å². The lowest BCUT2D eigenvalue weighted by Gasteiger charge is -2.48. The summed E-state index contributed by atoms with van der Waals surface area (Å²) in [5.74, 6) is 0.811. The quantitative estimate of drug-likeness (QED) is 0.376. The van der Waals surface area contributed by atoms with Crippen LogP contribution in [0.25, 0.3) is 22.1 Å². The Morgan fingerprint density at radius 1 is 0.974 bits per heavy atom. The third-order valence-corrected chi connectivity index (χ3v) is 8.10. The molecule has 206 valence electrons. The number of hydrogen-bond donors (Lipinski definition) is 0. The van der Waals surface area contributed by atoms with Gasteiger partial charge in [-0.3, -0.25) is 19.7 Å². The summed E-state index contributed by atoms with van der Waals surface area (Å²) in [6, 6.07) is 7.08. The van der Waals surface area contributed by atoms with Crippen molar-refractivity contribution in [1.82, 2.24) is 29.2 Å². The Balaban J connectivity index is 1.38. The monoisotopic (exact) mass is 537 g/mol. The fraction of sp³-hybridized carbons (Fsp3) is 0.500. The molecule has 0 saturated carbocycles. The van der Waals surface area contributed by atoms with E-state index in [0.717, 1.165) is 30.6 Å². The van der Waals surface area contributed by atoms with Gasteiger partial charge in [0.15, 0.2) is 12.0 Å². The number of fused-ring (bicyclic) bond motifs is 2. The van der Waals surface area contributed by atoms with Gasteiger partial charge < -0.3 is 14.2 Å². The largest absolute Gasteiger partial charge is 0.356 e. The molecule has 0 spiro atoms. The number of piperazine rings is 1. The normalized spacial score (nSPS) is 23.6. The Hall–Kier alpha value is -3.44. The van der Waals surface area contributed by atoms with E-state index in [-0.39, 0.29) is 23.9 Å². The number of rotatable bonds is 5. The van der Waals surface area contributed by atoms with E-state index in [1.807, 2.05) is 23.4 Å². The van der Waals surface area contributed by atoms with Gasteiger partial charge in [0.1, 0.15) is 11.0 Å². The van der Waals surface area contributed by atoms with Gasteiger partial charge in [-0.1, -0.05) is 6.07 Å². The van der Waals surface area contributed by atoms with Gasteiger partial charge in [-0.15, -0.1) is 0 Å². The molecule has 0 amide bonds. The summed E-state index contributed by atoms with van der Waals surface area (Å²) in [5, 5.41) is 4.88. The standard InChI is InChI=1S/C28H33F2N7O2/c1-17-16-36(28-26-21(9-10-23(38)34(26)3)33-37(28)24-6-4-5-13-39-24)18(2)15-35(17)25(27(29)30)19-7-8-20-22(14-19)32-12-11-31-20/h7-12,14,17-18,24-25,27H,4-6,13,15-16H2,1-3H3/t17-,18+,24?,25?/m1/s1. The summed E-state index contributed by atoms with van der Waals surface area (Å²) in [7, 11) is 1.75. The lowest BCUT2D eigenvalue weighted by atomic mass is 9.99. The second-order valence-electron chi connectivity index (χ2n) is 10.7. The lowest BCUT2D eigenvalue weighted by molar-refractivity contribution is -0.0391. The molecule has 3 aromatic heterocycles. The molecule has 6 rings (SSSR count). The van der Waals surface area contributed by atoms with Crippen LogP contribution in [0, 0.1) is 0 Å². The average Bonchev–Trinajstić information content (AvgIpc) is 3.33. The zero-order valence-corrected chi connectivity index (χ0v) is 22.4. The van der Waals surface area contributed by atoms with Crippen LogP contribution in [-0.4, -0.2) is 67.4 Å². The molecule has 9 nitrogen and oxygen atoms in total. The maximum Gasteiger partial charge on any atom is 0.258 e. The van der Waals surface area contributed by atoms with Crippen molar-refractivity contribution in [2.75, 3.05) is 24.6 Å². The van der Waals surface area contributed by atoms with Gasteiger partial charge in [0.25, 0.3) is 12.0 Å². The van der Waals surface area contributed by atoms with Gasteiger partial charge in [-0.25, -0.2) is 13.5 Å². The predicted octanol–water partition coefficient (Wildman–Crippen LogP) is 4.28. The number of pyridine rings is 1. The molecule has 0 radical (unpaired) electrons. The molecule has 5 heterocycles. The number of anilines is 1. The van der Waals surface area contributed by atoms with Crippen LogP contribution in [0.4, 0.5) is 14.6 Å². The summed E-state index contributed by atoms with van der Waals surface area (Å²) in [4.78, 5) is 25.3. The molecular weight excluding hydrogens is 504 g/mol. The van der Waals surface area contributed by atoms with E-state index in [9.17, 15) is 13.6 Å². The maximum absolute atomic E-state index is 14.7. The van der Waals surface area contributed by atoms with E-state index in [1.54, 1.807) is 48.3 Å². The smallest absolute Gasteiger partial charge is 0.258 e. The fourth-order valence-corrected chi connectivity index (χ4v) is 6.11. The van der Waals surface area contributed by atoms with Gasteiger partial charge >= 0.3 is 0 Å². The Kier molecular flexibility index (Phi) is 6.80. The number of halogens is 2. The van der Waals surface area contributed by atoms with Crippen molar-refractivity contribution >= 4 is 27.9 Å². The van der Waals surface area contributed by atoms with Crippen LogP contribution in [0.15, 0.2) is 47.5 Å². The molecule has 2 fully saturated rings. The number of aromatic nitrogens is 5. The molecule has 2 unspecified atom stereocenters. The summed E-state index contributed by atoms with van der Waals surface area (Å²) < 4.78 is 39.0. The predicted molar refractivity (Wildman–Crippen MR) is 145 cm³/mol. The molecule has 0 aliphatic carbocycles. The van der Waals surface area contributed by atoms with Crippen LogP contribution in [-0.2, 0) is 11.8 Å².